The van der Waals surface area contributed by atoms with Crippen LogP contribution in [0.25, 0.3) is 0 Å². The number of piperidine rings is 1. The van der Waals surface area contributed by atoms with E-state index in [1.54, 1.807) is 0 Å². The first-order valence-electron chi connectivity index (χ1n) is 9.91. The van der Waals surface area contributed by atoms with Crippen LogP contribution in [0.15, 0.2) is 11.4 Å². The molecule has 0 aromatic carbocycles. The summed E-state index contributed by atoms with van der Waals surface area (Å²) in [7, 11) is 0. The Kier molecular flexibility index (Phi) is 5.16. The molecule has 4 heterocycles. The number of carbonyl (C=O) groups is 1. The monoisotopic (exact) mass is 362 g/mol. The Hall–Kier alpha value is -0.910. The van der Waals surface area contributed by atoms with Gasteiger partial charge in [-0.05, 0) is 69.1 Å². The maximum Gasteiger partial charge on any atom is 0.222 e. The Balaban J connectivity index is 1.29. The molecule has 1 amide bonds. The Morgan fingerprint density at radius 2 is 2.04 bits per heavy atom. The van der Waals surface area contributed by atoms with Gasteiger partial charge in [-0.15, -0.1) is 11.3 Å². The molecule has 1 unspecified atom stereocenters. The van der Waals surface area contributed by atoms with E-state index >= 15 is 0 Å². The summed E-state index contributed by atoms with van der Waals surface area (Å²) >= 11 is 1.86. The van der Waals surface area contributed by atoms with Crippen LogP contribution < -0.4 is 0 Å². The van der Waals surface area contributed by atoms with E-state index < -0.39 is 0 Å². The van der Waals surface area contributed by atoms with Crippen LogP contribution >= 0.6 is 11.3 Å². The summed E-state index contributed by atoms with van der Waals surface area (Å²) in [6.07, 6.45) is 7.26. The lowest BCUT2D eigenvalue weighted by Crippen LogP contribution is -2.48. The fourth-order valence-corrected chi connectivity index (χ4v) is 5.69. The highest BCUT2D eigenvalue weighted by Gasteiger charge is 2.42. The van der Waals surface area contributed by atoms with Crippen molar-refractivity contribution in [3.8, 4) is 0 Å². The SMILES string of the molecule is CC(CCC(=O)N1CCC2(CC1)OCCc1sccc12)N1CCCC1. The smallest absolute Gasteiger partial charge is 0.222 e. The zero-order chi connectivity index (χ0) is 17.3. The van der Waals surface area contributed by atoms with Gasteiger partial charge in [-0.25, -0.2) is 0 Å². The summed E-state index contributed by atoms with van der Waals surface area (Å²) in [5.41, 5.74) is 1.28. The van der Waals surface area contributed by atoms with Gasteiger partial charge in [-0.2, -0.15) is 0 Å². The van der Waals surface area contributed by atoms with E-state index in [9.17, 15) is 4.79 Å². The molecule has 2 saturated heterocycles. The molecule has 3 aliphatic rings. The third-order valence-electron chi connectivity index (χ3n) is 6.41. The molecule has 1 atom stereocenters. The first kappa shape index (κ1) is 17.5. The molecule has 0 bridgehead atoms. The number of nitrogens with zero attached hydrogens (tertiary/aromatic N) is 2. The largest absolute Gasteiger partial charge is 0.370 e. The summed E-state index contributed by atoms with van der Waals surface area (Å²) in [4.78, 5) is 18.8. The molecule has 5 heteroatoms. The maximum atomic E-state index is 12.7. The predicted octanol–water partition coefficient (Wildman–Crippen LogP) is 3.40. The first-order valence-corrected chi connectivity index (χ1v) is 10.8. The van der Waals surface area contributed by atoms with E-state index in [0.717, 1.165) is 45.4 Å². The van der Waals surface area contributed by atoms with E-state index in [4.69, 9.17) is 4.74 Å². The number of amides is 1. The van der Waals surface area contributed by atoms with Crippen molar-refractivity contribution in [3.05, 3.63) is 21.9 Å². The Bertz CT molecular complexity index is 601. The lowest BCUT2D eigenvalue weighted by atomic mass is 9.82. The van der Waals surface area contributed by atoms with Gasteiger partial charge >= 0.3 is 0 Å². The maximum absolute atomic E-state index is 12.7. The van der Waals surface area contributed by atoms with Crippen LogP contribution in [0, 0.1) is 0 Å². The summed E-state index contributed by atoms with van der Waals surface area (Å²) in [5, 5.41) is 2.19. The minimum atomic E-state index is -0.118. The summed E-state index contributed by atoms with van der Waals surface area (Å²) < 4.78 is 6.25. The zero-order valence-corrected chi connectivity index (χ0v) is 16.2. The molecule has 4 nitrogen and oxygen atoms in total. The molecule has 25 heavy (non-hydrogen) atoms. The Morgan fingerprint density at radius 3 is 2.80 bits per heavy atom. The van der Waals surface area contributed by atoms with Gasteiger partial charge < -0.3 is 14.5 Å². The van der Waals surface area contributed by atoms with Crippen LogP contribution in [0.1, 0.15) is 55.9 Å². The molecule has 1 aromatic heterocycles. The topological polar surface area (TPSA) is 32.8 Å². The van der Waals surface area contributed by atoms with Crippen molar-refractivity contribution >= 4 is 17.2 Å². The van der Waals surface area contributed by atoms with Crippen LogP contribution in [-0.2, 0) is 21.6 Å². The number of ether oxygens (including phenoxy) is 1. The average molecular weight is 363 g/mol. The van der Waals surface area contributed by atoms with E-state index in [0.29, 0.717) is 18.4 Å². The van der Waals surface area contributed by atoms with Gasteiger partial charge in [0.15, 0.2) is 0 Å². The van der Waals surface area contributed by atoms with Crippen LogP contribution in [0.2, 0.25) is 0 Å². The van der Waals surface area contributed by atoms with Crippen molar-refractivity contribution in [1.29, 1.82) is 0 Å². The number of rotatable bonds is 4. The quantitative estimate of drug-likeness (QED) is 0.823. The van der Waals surface area contributed by atoms with Gasteiger partial charge in [0.05, 0.1) is 12.2 Å². The standard InChI is InChI=1S/C20H30N2O2S/c1-16(21-10-2-3-11-21)4-5-19(23)22-12-8-20(9-13-22)17-7-15-25-18(17)6-14-24-20/h7,15-16H,2-6,8-14H2,1H3. The second kappa shape index (κ2) is 7.37. The van der Waals surface area contributed by atoms with Crippen molar-refractivity contribution in [2.75, 3.05) is 32.8 Å². The van der Waals surface area contributed by atoms with Crippen LogP contribution in [0.4, 0.5) is 0 Å². The highest BCUT2D eigenvalue weighted by atomic mass is 32.1. The Labute approximate surface area is 155 Å². The number of hydrogen-bond acceptors (Lipinski definition) is 4. The van der Waals surface area contributed by atoms with Crippen molar-refractivity contribution in [1.82, 2.24) is 9.80 Å². The summed E-state index contributed by atoms with van der Waals surface area (Å²) in [6, 6.07) is 2.78. The van der Waals surface area contributed by atoms with E-state index in [-0.39, 0.29) is 5.60 Å². The normalized spacial score (nSPS) is 24.4. The molecule has 138 valence electrons. The van der Waals surface area contributed by atoms with Crippen molar-refractivity contribution in [3.63, 3.8) is 0 Å². The number of hydrogen-bond donors (Lipinski definition) is 0. The molecule has 0 saturated carbocycles. The second-order valence-electron chi connectivity index (χ2n) is 7.86. The molecule has 3 aliphatic heterocycles. The Morgan fingerprint density at radius 1 is 1.28 bits per heavy atom. The minimum absolute atomic E-state index is 0.118. The highest BCUT2D eigenvalue weighted by molar-refractivity contribution is 7.10. The van der Waals surface area contributed by atoms with Crippen molar-refractivity contribution in [2.45, 2.75) is 63.5 Å². The highest BCUT2D eigenvalue weighted by Crippen LogP contribution is 2.43. The van der Waals surface area contributed by atoms with Crippen LogP contribution in [-0.4, -0.2) is 54.5 Å². The third kappa shape index (κ3) is 3.51. The predicted molar refractivity (Wildman–Crippen MR) is 101 cm³/mol. The van der Waals surface area contributed by atoms with Gasteiger partial charge in [0, 0.05) is 36.9 Å². The fraction of sp³-hybridized carbons (Fsp3) is 0.750. The lowest BCUT2D eigenvalue weighted by Gasteiger charge is -2.44. The van der Waals surface area contributed by atoms with Gasteiger partial charge in [-0.3, -0.25) is 4.79 Å². The fourth-order valence-electron chi connectivity index (χ4n) is 4.74. The molecule has 0 aliphatic carbocycles. The van der Waals surface area contributed by atoms with Gasteiger partial charge in [-0.1, -0.05) is 0 Å². The molecular formula is C20H30N2O2S. The molecule has 4 rings (SSSR count). The van der Waals surface area contributed by atoms with E-state index in [2.05, 4.69) is 28.2 Å². The van der Waals surface area contributed by atoms with E-state index in [1.165, 1.54) is 36.4 Å². The van der Waals surface area contributed by atoms with Crippen LogP contribution in [0.5, 0.6) is 0 Å². The van der Waals surface area contributed by atoms with Gasteiger partial charge in [0.2, 0.25) is 5.91 Å². The van der Waals surface area contributed by atoms with Crippen molar-refractivity contribution < 1.29 is 9.53 Å². The van der Waals surface area contributed by atoms with Crippen LogP contribution in [0.3, 0.4) is 0 Å². The summed E-state index contributed by atoms with van der Waals surface area (Å²) in [5.74, 6) is 0.335. The number of thiophene rings is 1. The molecular weight excluding hydrogens is 332 g/mol. The molecule has 2 fully saturated rings. The first-order chi connectivity index (χ1) is 12.2. The molecule has 0 radical (unpaired) electrons. The van der Waals surface area contributed by atoms with E-state index in [1.807, 2.05) is 11.3 Å². The number of fused-ring (bicyclic) bond motifs is 2. The van der Waals surface area contributed by atoms with Gasteiger partial charge in [0.1, 0.15) is 0 Å². The minimum Gasteiger partial charge on any atom is -0.370 e. The molecule has 0 N–H and O–H groups in total. The number of likely N-dealkylation sites (tertiary alicyclic amines) is 2. The molecule has 1 spiro atoms. The average Bonchev–Trinajstić information content (AvgIpc) is 3.32. The summed E-state index contributed by atoms with van der Waals surface area (Å²) in [6.45, 7) is 7.20. The molecule has 1 aromatic rings. The zero-order valence-electron chi connectivity index (χ0n) is 15.3. The lowest BCUT2D eigenvalue weighted by molar-refractivity contribution is -0.140. The number of carbonyl (C=O) groups excluding carboxylic acids is 1. The third-order valence-corrected chi connectivity index (χ3v) is 7.39. The second-order valence-corrected chi connectivity index (χ2v) is 8.86. The van der Waals surface area contributed by atoms with Gasteiger partial charge in [0.25, 0.3) is 0 Å². The van der Waals surface area contributed by atoms with Crippen molar-refractivity contribution in [2.24, 2.45) is 0 Å².